The molecule has 0 bridgehead atoms. The van der Waals surface area contributed by atoms with Gasteiger partial charge in [-0.25, -0.2) is 0 Å². The molecule has 128 valence electrons. The lowest BCUT2D eigenvalue weighted by Gasteiger charge is -2.23. The Balaban J connectivity index is 2.02. The molecule has 1 amide bonds. The lowest BCUT2D eigenvalue weighted by molar-refractivity contribution is -0.118. The molecule has 4 heteroatoms. The number of carbonyl (C=O) groups excluding carboxylic acids is 1. The van der Waals surface area contributed by atoms with Gasteiger partial charge in [-0.05, 0) is 53.8 Å². The summed E-state index contributed by atoms with van der Waals surface area (Å²) in [6.07, 6.45) is 0. The van der Waals surface area contributed by atoms with E-state index in [0.717, 1.165) is 22.6 Å². The molecule has 0 aromatic heterocycles. The summed E-state index contributed by atoms with van der Waals surface area (Å²) in [5.74, 6) is 1.31. The smallest absolute Gasteiger partial charge is 0.262 e. The van der Waals surface area contributed by atoms with Crippen LogP contribution in [0.5, 0.6) is 11.5 Å². The summed E-state index contributed by atoms with van der Waals surface area (Å²) >= 11 is 0. The van der Waals surface area contributed by atoms with Crippen LogP contribution in [0.15, 0.2) is 42.5 Å². The number of amides is 1. The highest BCUT2D eigenvalue weighted by atomic mass is 16.5. The van der Waals surface area contributed by atoms with Gasteiger partial charge in [-0.3, -0.25) is 4.79 Å². The summed E-state index contributed by atoms with van der Waals surface area (Å²) in [6, 6.07) is 13.3. The van der Waals surface area contributed by atoms with Gasteiger partial charge >= 0.3 is 0 Å². The zero-order chi connectivity index (χ0) is 17.7. The molecule has 4 nitrogen and oxygen atoms in total. The van der Waals surface area contributed by atoms with Gasteiger partial charge in [-0.2, -0.15) is 0 Å². The molecule has 0 aliphatic heterocycles. The molecule has 1 N–H and O–H groups in total. The first-order valence-corrected chi connectivity index (χ1v) is 7.97. The van der Waals surface area contributed by atoms with Crippen molar-refractivity contribution in [2.24, 2.45) is 0 Å². The van der Waals surface area contributed by atoms with Gasteiger partial charge in [0, 0.05) is 5.69 Å². The quantitative estimate of drug-likeness (QED) is 0.890. The van der Waals surface area contributed by atoms with E-state index in [0.29, 0.717) is 5.69 Å². The average Bonchev–Trinajstić information content (AvgIpc) is 2.52. The molecule has 24 heavy (non-hydrogen) atoms. The number of nitrogens with one attached hydrogen (secondary N) is 1. The Kier molecular flexibility index (Phi) is 5.50. The van der Waals surface area contributed by atoms with Crippen molar-refractivity contribution in [2.45, 2.75) is 33.1 Å². The SMILES string of the molecule is COc1ccc(NC(=O)COc2cc(C)ccc2C(C)(C)C)cc1. The van der Waals surface area contributed by atoms with Crippen LogP contribution in [-0.4, -0.2) is 19.6 Å². The Hall–Kier alpha value is -2.49. The Bertz CT molecular complexity index is 700. The first-order valence-electron chi connectivity index (χ1n) is 7.97. The van der Waals surface area contributed by atoms with E-state index in [1.54, 1.807) is 31.4 Å². The standard InChI is InChI=1S/C20H25NO3/c1-14-6-11-17(20(2,3)4)18(12-14)24-13-19(22)21-15-7-9-16(23-5)10-8-15/h6-12H,13H2,1-5H3,(H,21,22). The van der Waals surface area contributed by atoms with Crippen molar-refractivity contribution in [3.8, 4) is 11.5 Å². The molecule has 0 saturated heterocycles. The predicted octanol–water partition coefficient (Wildman–Crippen LogP) is 4.32. The van der Waals surface area contributed by atoms with Crippen LogP contribution in [0, 0.1) is 6.92 Å². The third-order valence-corrected chi connectivity index (χ3v) is 3.68. The maximum atomic E-state index is 12.1. The van der Waals surface area contributed by atoms with E-state index in [1.807, 2.05) is 13.0 Å². The number of methoxy groups -OCH3 is 1. The summed E-state index contributed by atoms with van der Waals surface area (Å²) in [4.78, 5) is 12.1. The van der Waals surface area contributed by atoms with E-state index in [1.165, 1.54) is 0 Å². The highest BCUT2D eigenvalue weighted by molar-refractivity contribution is 5.91. The summed E-state index contributed by atoms with van der Waals surface area (Å²) in [5, 5.41) is 2.82. The lowest BCUT2D eigenvalue weighted by atomic mass is 9.86. The van der Waals surface area contributed by atoms with Gasteiger partial charge in [0.2, 0.25) is 0 Å². The van der Waals surface area contributed by atoms with Crippen molar-refractivity contribution in [1.82, 2.24) is 0 Å². The minimum atomic E-state index is -0.193. The fourth-order valence-corrected chi connectivity index (χ4v) is 2.38. The highest BCUT2D eigenvalue weighted by Crippen LogP contribution is 2.32. The van der Waals surface area contributed by atoms with Crippen molar-refractivity contribution in [3.05, 3.63) is 53.6 Å². The molecular formula is C20H25NO3. The molecular weight excluding hydrogens is 302 g/mol. The first-order chi connectivity index (χ1) is 11.3. The number of aryl methyl sites for hydroxylation is 1. The van der Waals surface area contributed by atoms with Gasteiger partial charge < -0.3 is 14.8 Å². The molecule has 0 saturated carbocycles. The molecule has 0 heterocycles. The van der Waals surface area contributed by atoms with Crippen LogP contribution >= 0.6 is 0 Å². The van der Waals surface area contributed by atoms with E-state index in [2.05, 4.69) is 38.2 Å². The number of hydrogen-bond donors (Lipinski definition) is 1. The Morgan fingerprint density at radius 1 is 1.08 bits per heavy atom. The number of rotatable bonds is 5. The van der Waals surface area contributed by atoms with E-state index < -0.39 is 0 Å². The van der Waals surface area contributed by atoms with Crippen LogP contribution in [-0.2, 0) is 10.2 Å². The van der Waals surface area contributed by atoms with Gasteiger partial charge in [0.1, 0.15) is 11.5 Å². The second-order valence-electron chi connectivity index (χ2n) is 6.81. The van der Waals surface area contributed by atoms with Crippen molar-refractivity contribution < 1.29 is 14.3 Å². The summed E-state index contributed by atoms with van der Waals surface area (Å²) in [6.45, 7) is 8.36. The summed E-state index contributed by atoms with van der Waals surface area (Å²) in [5.41, 5.74) is 2.86. The van der Waals surface area contributed by atoms with Crippen LogP contribution in [0.4, 0.5) is 5.69 Å². The maximum absolute atomic E-state index is 12.1. The van der Waals surface area contributed by atoms with Crippen molar-refractivity contribution in [2.75, 3.05) is 19.0 Å². The highest BCUT2D eigenvalue weighted by Gasteiger charge is 2.19. The number of anilines is 1. The van der Waals surface area contributed by atoms with Gasteiger partial charge in [-0.1, -0.05) is 32.9 Å². The van der Waals surface area contributed by atoms with E-state index in [-0.39, 0.29) is 17.9 Å². The molecule has 0 radical (unpaired) electrons. The third kappa shape index (κ3) is 4.75. The molecule has 2 aromatic rings. The third-order valence-electron chi connectivity index (χ3n) is 3.68. The predicted molar refractivity (Wildman–Crippen MR) is 97.0 cm³/mol. The second-order valence-corrected chi connectivity index (χ2v) is 6.81. The second kappa shape index (κ2) is 7.39. The number of benzene rings is 2. The number of ether oxygens (including phenoxy) is 2. The lowest BCUT2D eigenvalue weighted by Crippen LogP contribution is -2.22. The van der Waals surface area contributed by atoms with Gasteiger partial charge in [0.25, 0.3) is 5.91 Å². The van der Waals surface area contributed by atoms with Crippen molar-refractivity contribution in [3.63, 3.8) is 0 Å². The average molecular weight is 327 g/mol. The van der Waals surface area contributed by atoms with Crippen molar-refractivity contribution in [1.29, 1.82) is 0 Å². The molecule has 0 atom stereocenters. The van der Waals surface area contributed by atoms with Crippen LogP contribution < -0.4 is 14.8 Å². The van der Waals surface area contributed by atoms with Crippen LogP contribution in [0.3, 0.4) is 0 Å². The minimum absolute atomic E-state index is 0.0292. The maximum Gasteiger partial charge on any atom is 0.262 e. The zero-order valence-electron chi connectivity index (χ0n) is 15.0. The first kappa shape index (κ1) is 17.9. The Labute approximate surface area is 143 Å². The Morgan fingerprint density at radius 3 is 2.33 bits per heavy atom. The molecule has 2 rings (SSSR count). The van der Waals surface area contributed by atoms with E-state index >= 15 is 0 Å². The van der Waals surface area contributed by atoms with Crippen LogP contribution in [0.1, 0.15) is 31.9 Å². The Morgan fingerprint density at radius 2 is 1.75 bits per heavy atom. The summed E-state index contributed by atoms with van der Waals surface area (Å²) in [7, 11) is 1.61. The summed E-state index contributed by atoms with van der Waals surface area (Å²) < 4.78 is 10.9. The number of hydrogen-bond acceptors (Lipinski definition) is 3. The van der Waals surface area contributed by atoms with Gasteiger partial charge in [0.05, 0.1) is 7.11 Å². The van der Waals surface area contributed by atoms with Gasteiger partial charge in [-0.15, -0.1) is 0 Å². The van der Waals surface area contributed by atoms with Gasteiger partial charge in [0.15, 0.2) is 6.61 Å². The topological polar surface area (TPSA) is 47.6 Å². The molecule has 0 spiro atoms. The zero-order valence-corrected chi connectivity index (χ0v) is 15.0. The van der Waals surface area contributed by atoms with Crippen LogP contribution in [0.25, 0.3) is 0 Å². The van der Waals surface area contributed by atoms with E-state index in [4.69, 9.17) is 9.47 Å². The minimum Gasteiger partial charge on any atom is -0.497 e. The molecule has 0 fully saturated rings. The van der Waals surface area contributed by atoms with Crippen molar-refractivity contribution >= 4 is 11.6 Å². The molecule has 0 aliphatic rings. The monoisotopic (exact) mass is 327 g/mol. The van der Waals surface area contributed by atoms with Crippen LogP contribution in [0.2, 0.25) is 0 Å². The van der Waals surface area contributed by atoms with E-state index in [9.17, 15) is 4.79 Å². The normalized spacial score (nSPS) is 11.0. The fourth-order valence-electron chi connectivity index (χ4n) is 2.38. The fraction of sp³-hybridized carbons (Fsp3) is 0.350. The largest absolute Gasteiger partial charge is 0.497 e. The molecule has 0 unspecified atom stereocenters. The number of carbonyl (C=O) groups is 1. The molecule has 0 aliphatic carbocycles. The molecule has 2 aromatic carbocycles.